The molecule has 0 amide bonds. The molecule has 0 fully saturated rings. The lowest BCUT2D eigenvalue weighted by atomic mass is 10.1. The van der Waals surface area contributed by atoms with Gasteiger partial charge in [0, 0.05) is 36.7 Å². The summed E-state index contributed by atoms with van der Waals surface area (Å²) in [6, 6.07) is 15.3. The van der Waals surface area contributed by atoms with Crippen LogP contribution in [0.25, 0.3) is 10.9 Å². The number of methoxy groups -OCH3 is 3. The lowest BCUT2D eigenvalue weighted by molar-refractivity contribution is 0.151. The molecule has 1 unspecified atom stereocenters. The molecular formula is C26H32N6O4. The van der Waals surface area contributed by atoms with Gasteiger partial charge in [-0.25, -0.2) is 4.68 Å². The topological polar surface area (TPSA) is 107 Å². The van der Waals surface area contributed by atoms with Gasteiger partial charge in [-0.1, -0.05) is 19.1 Å². The van der Waals surface area contributed by atoms with E-state index in [0.717, 1.165) is 40.2 Å². The fourth-order valence-electron chi connectivity index (χ4n) is 4.33. The number of nitrogens with one attached hydrogen (secondary N) is 1. The highest BCUT2D eigenvalue weighted by Gasteiger charge is 2.26. The molecule has 0 saturated carbocycles. The van der Waals surface area contributed by atoms with Gasteiger partial charge in [0.25, 0.3) is 5.56 Å². The third kappa shape index (κ3) is 5.72. The number of hydrogen-bond acceptors (Lipinski definition) is 8. The number of H-pyrrole nitrogens is 1. The molecular weight excluding hydrogens is 460 g/mol. The quantitative estimate of drug-likeness (QED) is 0.321. The standard InChI is InChI=1S/C26H32N6O4/c1-5-24(25-28-29-30-32(25)12-13-34-2)31(16-18-6-8-21(35-3)9-7-18)17-20-14-19-15-22(36-4)10-11-23(19)27-26(20)33/h6-11,14-15,24H,5,12-13,16-17H2,1-4H3,(H,27,33). The highest BCUT2D eigenvalue weighted by molar-refractivity contribution is 5.80. The van der Waals surface area contributed by atoms with E-state index in [1.165, 1.54) is 0 Å². The van der Waals surface area contributed by atoms with Gasteiger partial charge in [-0.3, -0.25) is 9.69 Å². The van der Waals surface area contributed by atoms with E-state index in [1.54, 1.807) is 26.0 Å². The third-order valence-electron chi connectivity index (χ3n) is 6.24. The fraction of sp³-hybridized carbons (Fsp3) is 0.385. The molecule has 10 nitrogen and oxygen atoms in total. The summed E-state index contributed by atoms with van der Waals surface area (Å²) in [5.41, 5.74) is 2.38. The Labute approximate surface area is 209 Å². The molecule has 1 atom stereocenters. The van der Waals surface area contributed by atoms with E-state index in [9.17, 15) is 4.79 Å². The van der Waals surface area contributed by atoms with Crippen molar-refractivity contribution in [3.63, 3.8) is 0 Å². The van der Waals surface area contributed by atoms with E-state index in [1.807, 2.05) is 48.5 Å². The number of rotatable bonds is 12. The Balaban J connectivity index is 1.72. The molecule has 0 radical (unpaired) electrons. The van der Waals surface area contributed by atoms with E-state index >= 15 is 0 Å². The smallest absolute Gasteiger partial charge is 0.252 e. The van der Waals surface area contributed by atoms with Crippen LogP contribution in [0, 0.1) is 0 Å². The Morgan fingerprint density at radius 1 is 1.00 bits per heavy atom. The highest BCUT2D eigenvalue weighted by Crippen LogP contribution is 2.27. The van der Waals surface area contributed by atoms with Crippen LogP contribution in [0.4, 0.5) is 0 Å². The average Bonchev–Trinajstić information content (AvgIpc) is 3.36. The summed E-state index contributed by atoms with van der Waals surface area (Å²) in [6.45, 7) is 4.14. The number of fused-ring (bicyclic) bond motifs is 1. The van der Waals surface area contributed by atoms with Gasteiger partial charge in [0.15, 0.2) is 5.82 Å². The minimum absolute atomic E-state index is 0.124. The molecule has 0 saturated heterocycles. The molecule has 0 aliphatic carbocycles. The van der Waals surface area contributed by atoms with Crippen LogP contribution >= 0.6 is 0 Å². The average molecular weight is 493 g/mol. The van der Waals surface area contributed by atoms with Gasteiger partial charge in [-0.2, -0.15) is 0 Å². The van der Waals surface area contributed by atoms with E-state index in [2.05, 4.69) is 32.3 Å². The summed E-state index contributed by atoms with van der Waals surface area (Å²) in [5.74, 6) is 2.27. The number of benzene rings is 2. The summed E-state index contributed by atoms with van der Waals surface area (Å²) in [4.78, 5) is 18.3. The van der Waals surface area contributed by atoms with Gasteiger partial charge in [0.05, 0.1) is 33.4 Å². The van der Waals surface area contributed by atoms with Crippen LogP contribution in [0.3, 0.4) is 0 Å². The van der Waals surface area contributed by atoms with Crippen LogP contribution in [0.5, 0.6) is 11.5 Å². The van der Waals surface area contributed by atoms with Crippen molar-refractivity contribution < 1.29 is 14.2 Å². The number of ether oxygens (including phenoxy) is 3. The van der Waals surface area contributed by atoms with Gasteiger partial charge >= 0.3 is 0 Å². The van der Waals surface area contributed by atoms with Gasteiger partial charge in [-0.05, 0) is 58.8 Å². The summed E-state index contributed by atoms with van der Waals surface area (Å²) in [6.07, 6.45) is 0.753. The van der Waals surface area contributed by atoms with Gasteiger partial charge in [0.2, 0.25) is 0 Å². The van der Waals surface area contributed by atoms with Crippen molar-refractivity contribution in [3.05, 3.63) is 75.8 Å². The Kier molecular flexibility index (Phi) is 8.29. The largest absolute Gasteiger partial charge is 0.497 e. The van der Waals surface area contributed by atoms with Crippen LogP contribution < -0.4 is 15.0 Å². The number of hydrogen-bond donors (Lipinski definition) is 1. The number of nitrogens with zero attached hydrogens (tertiary/aromatic N) is 5. The molecule has 4 aromatic rings. The second-order valence-corrected chi connectivity index (χ2v) is 8.51. The first-order valence-electron chi connectivity index (χ1n) is 11.9. The Morgan fingerprint density at radius 3 is 2.44 bits per heavy atom. The molecule has 10 heteroatoms. The molecule has 0 aliphatic heterocycles. The molecule has 2 aromatic carbocycles. The molecule has 0 spiro atoms. The maximum Gasteiger partial charge on any atom is 0.252 e. The lowest BCUT2D eigenvalue weighted by Gasteiger charge is -2.30. The van der Waals surface area contributed by atoms with Crippen molar-refractivity contribution in [1.82, 2.24) is 30.1 Å². The predicted molar refractivity (Wildman–Crippen MR) is 136 cm³/mol. The maximum absolute atomic E-state index is 13.1. The second-order valence-electron chi connectivity index (χ2n) is 8.51. The van der Waals surface area contributed by atoms with Gasteiger partial charge < -0.3 is 19.2 Å². The maximum atomic E-state index is 13.1. The zero-order valence-electron chi connectivity index (χ0n) is 21.1. The summed E-state index contributed by atoms with van der Waals surface area (Å²) >= 11 is 0. The van der Waals surface area contributed by atoms with Crippen molar-refractivity contribution in [1.29, 1.82) is 0 Å². The minimum atomic E-state index is -0.126. The normalized spacial score (nSPS) is 12.2. The number of aromatic amines is 1. The van der Waals surface area contributed by atoms with Crippen LogP contribution in [0.2, 0.25) is 0 Å². The zero-order valence-corrected chi connectivity index (χ0v) is 21.1. The van der Waals surface area contributed by atoms with Crippen molar-refractivity contribution in [2.75, 3.05) is 27.9 Å². The Bertz CT molecular complexity index is 1330. The molecule has 2 heterocycles. The van der Waals surface area contributed by atoms with E-state index < -0.39 is 0 Å². The van der Waals surface area contributed by atoms with E-state index in [-0.39, 0.29) is 11.6 Å². The SMILES string of the molecule is CCC(c1nnnn1CCOC)N(Cc1ccc(OC)cc1)Cc1cc2cc(OC)ccc2[nH]c1=O. The van der Waals surface area contributed by atoms with Crippen LogP contribution in [0.1, 0.15) is 36.3 Å². The van der Waals surface area contributed by atoms with Crippen molar-refractivity contribution in [2.45, 2.75) is 39.0 Å². The first kappa shape index (κ1) is 25.3. The second kappa shape index (κ2) is 11.8. The monoisotopic (exact) mass is 492 g/mol. The van der Waals surface area contributed by atoms with Crippen molar-refractivity contribution in [2.24, 2.45) is 0 Å². The van der Waals surface area contributed by atoms with Crippen LogP contribution in [-0.4, -0.2) is 58.0 Å². The van der Waals surface area contributed by atoms with Crippen molar-refractivity contribution >= 4 is 10.9 Å². The summed E-state index contributed by atoms with van der Waals surface area (Å²) in [5, 5.41) is 13.4. The lowest BCUT2D eigenvalue weighted by Crippen LogP contribution is -2.32. The number of aromatic nitrogens is 5. The number of pyridine rings is 1. The van der Waals surface area contributed by atoms with E-state index in [0.29, 0.717) is 31.8 Å². The molecule has 0 bridgehead atoms. The summed E-state index contributed by atoms with van der Waals surface area (Å²) in [7, 11) is 4.93. The van der Waals surface area contributed by atoms with Crippen LogP contribution in [0.15, 0.2) is 53.3 Å². The fourth-order valence-corrected chi connectivity index (χ4v) is 4.33. The molecule has 2 aromatic heterocycles. The Morgan fingerprint density at radius 2 is 1.75 bits per heavy atom. The first-order chi connectivity index (χ1) is 17.6. The van der Waals surface area contributed by atoms with Crippen LogP contribution in [-0.2, 0) is 24.4 Å². The minimum Gasteiger partial charge on any atom is -0.497 e. The third-order valence-corrected chi connectivity index (χ3v) is 6.24. The molecule has 1 N–H and O–H groups in total. The Hall–Kier alpha value is -3.76. The number of tetrazole rings is 1. The molecule has 36 heavy (non-hydrogen) atoms. The molecule has 190 valence electrons. The predicted octanol–water partition coefficient (Wildman–Crippen LogP) is 3.33. The highest BCUT2D eigenvalue weighted by atomic mass is 16.5. The van der Waals surface area contributed by atoms with Gasteiger partial charge in [-0.15, -0.1) is 5.10 Å². The summed E-state index contributed by atoms with van der Waals surface area (Å²) < 4.78 is 17.7. The molecule has 0 aliphatic rings. The zero-order chi connectivity index (χ0) is 25.5. The van der Waals surface area contributed by atoms with E-state index in [4.69, 9.17) is 14.2 Å². The molecule has 4 rings (SSSR count). The van der Waals surface area contributed by atoms with Gasteiger partial charge in [0.1, 0.15) is 11.5 Å². The van der Waals surface area contributed by atoms with Crippen molar-refractivity contribution in [3.8, 4) is 11.5 Å². The first-order valence-corrected chi connectivity index (χ1v) is 11.9.